The van der Waals surface area contributed by atoms with Gasteiger partial charge in [-0.1, -0.05) is 30.3 Å². The molecule has 0 aliphatic rings. The molecule has 0 saturated carbocycles. The van der Waals surface area contributed by atoms with Gasteiger partial charge in [0.2, 0.25) is 5.91 Å². The zero-order valence-electron chi connectivity index (χ0n) is 11.3. The van der Waals surface area contributed by atoms with E-state index < -0.39 is 0 Å². The average Bonchev–Trinajstić information content (AvgIpc) is 2.41. The number of rotatable bonds is 4. The van der Waals surface area contributed by atoms with Crippen molar-refractivity contribution < 1.29 is 9.18 Å². The van der Waals surface area contributed by atoms with E-state index in [0.717, 1.165) is 5.56 Å². The van der Waals surface area contributed by atoms with E-state index in [1.807, 2.05) is 25.1 Å². The minimum absolute atomic E-state index is 0.00901. The Hall–Kier alpha value is -2.20. The van der Waals surface area contributed by atoms with Crippen molar-refractivity contribution in [2.75, 3.05) is 5.32 Å². The van der Waals surface area contributed by atoms with Crippen LogP contribution >= 0.6 is 0 Å². The van der Waals surface area contributed by atoms with Gasteiger partial charge in [-0.2, -0.15) is 0 Å². The third kappa shape index (κ3) is 3.65. The van der Waals surface area contributed by atoms with Gasteiger partial charge in [-0.25, -0.2) is 4.39 Å². The lowest BCUT2D eigenvalue weighted by Gasteiger charge is -2.10. The molecule has 20 heavy (non-hydrogen) atoms. The van der Waals surface area contributed by atoms with Gasteiger partial charge in [0, 0.05) is 11.7 Å². The van der Waals surface area contributed by atoms with E-state index in [9.17, 15) is 9.18 Å². The van der Waals surface area contributed by atoms with Crippen LogP contribution in [0.15, 0.2) is 48.5 Å². The first kappa shape index (κ1) is 14.2. The zero-order valence-corrected chi connectivity index (χ0v) is 11.3. The summed E-state index contributed by atoms with van der Waals surface area (Å²) in [5.41, 5.74) is 7.78. The van der Waals surface area contributed by atoms with Gasteiger partial charge < -0.3 is 11.1 Å². The van der Waals surface area contributed by atoms with E-state index in [0.29, 0.717) is 11.3 Å². The molecular formula is C16H17FN2O. The highest BCUT2D eigenvalue weighted by Gasteiger charge is 2.08. The van der Waals surface area contributed by atoms with E-state index in [-0.39, 0.29) is 24.2 Å². The van der Waals surface area contributed by atoms with Crippen molar-refractivity contribution in [1.82, 2.24) is 0 Å². The second-order valence-electron chi connectivity index (χ2n) is 4.73. The summed E-state index contributed by atoms with van der Waals surface area (Å²) in [6.45, 7) is 1.88. The van der Waals surface area contributed by atoms with Crippen LogP contribution in [0.1, 0.15) is 24.1 Å². The van der Waals surface area contributed by atoms with E-state index in [1.165, 1.54) is 6.07 Å². The Morgan fingerprint density at radius 1 is 1.25 bits per heavy atom. The summed E-state index contributed by atoms with van der Waals surface area (Å²) in [4.78, 5) is 11.9. The second kappa shape index (κ2) is 6.30. The second-order valence-corrected chi connectivity index (χ2v) is 4.73. The van der Waals surface area contributed by atoms with Crippen molar-refractivity contribution in [3.05, 3.63) is 65.5 Å². The number of nitrogens with two attached hydrogens (primary N) is 1. The predicted molar refractivity (Wildman–Crippen MR) is 77.8 cm³/mol. The Morgan fingerprint density at radius 3 is 2.70 bits per heavy atom. The fourth-order valence-electron chi connectivity index (χ4n) is 1.92. The van der Waals surface area contributed by atoms with Crippen molar-refractivity contribution in [3.8, 4) is 0 Å². The molecule has 0 aliphatic heterocycles. The number of nitrogens with one attached hydrogen (secondary N) is 1. The van der Waals surface area contributed by atoms with Crippen molar-refractivity contribution in [1.29, 1.82) is 0 Å². The molecule has 0 unspecified atom stereocenters. The monoisotopic (exact) mass is 272 g/mol. The number of hydrogen-bond donors (Lipinski definition) is 2. The lowest BCUT2D eigenvalue weighted by molar-refractivity contribution is -0.115. The van der Waals surface area contributed by atoms with Gasteiger partial charge in [-0.15, -0.1) is 0 Å². The van der Waals surface area contributed by atoms with Crippen LogP contribution < -0.4 is 11.1 Å². The number of benzene rings is 2. The van der Waals surface area contributed by atoms with Gasteiger partial charge in [-0.3, -0.25) is 4.79 Å². The van der Waals surface area contributed by atoms with Gasteiger partial charge >= 0.3 is 0 Å². The topological polar surface area (TPSA) is 55.1 Å². The Bertz CT molecular complexity index is 611. The van der Waals surface area contributed by atoms with Gasteiger partial charge in [0.25, 0.3) is 0 Å². The number of halogens is 1. The van der Waals surface area contributed by atoms with Crippen molar-refractivity contribution >= 4 is 11.6 Å². The molecule has 0 aliphatic carbocycles. The highest BCUT2D eigenvalue weighted by Crippen LogP contribution is 2.16. The molecule has 2 aromatic rings. The van der Waals surface area contributed by atoms with Crippen molar-refractivity contribution in [2.45, 2.75) is 19.4 Å². The van der Waals surface area contributed by atoms with E-state index in [2.05, 4.69) is 5.32 Å². The number of anilines is 1. The summed E-state index contributed by atoms with van der Waals surface area (Å²) < 4.78 is 13.5. The van der Waals surface area contributed by atoms with Crippen LogP contribution in [0, 0.1) is 5.82 Å². The number of carbonyl (C=O) groups is 1. The van der Waals surface area contributed by atoms with E-state index >= 15 is 0 Å². The van der Waals surface area contributed by atoms with E-state index in [4.69, 9.17) is 5.73 Å². The molecule has 1 atom stereocenters. The fourth-order valence-corrected chi connectivity index (χ4v) is 1.92. The largest absolute Gasteiger partial charge is 0.326 e. The first-order valence-corrected chi connectivity index (χ1v) is 6.45. The molecule has 3 nitrogen and oxygen atoms in total. The molecule has 0 heterocycles. The smallest absolute Gasteiger partial charge is 0.228 e. The summed E-state index contributed by atoms with van der Waals surface area (Å²) >= 11 is 0. The quantitative estimate of drug-likeness (QED) is 0.898. The molecule has 0 aromatic heterocycles. The molecule has 3 N–H and O–H groups in total. The molecule has 0 radical (unpaired) electrons. The van der Waals surface area contributed by atoms with Gasteiger partial charge in [0.05, 0.1) is 6.42 Å². The van der Waals surface area contributed by atoms with Crippen molar-refractivity contribution in [3.63, 3.8) is 0 Å². The molecule has 104 valence electrons. The summed E-state index contributed by atoms with van der Waals surface area (Å²) in [7, 11) is 0. The molecule has 1 amide bonds. The average molecular weight is 272 g/mol. The maximum atomic E-state index is 13.5. The molecular weight excluding hydrogens is 255 g/mol. The van der Waals surface area contributed by atoms with Crippen LogP contribution in [0.2, 0.25) is 0 Å². The van der Waals surface area contributed by atoms with Crippen LogP contribution in [0.25, 0.3) is 0 Å². The van der Waals surface area contributed by atoms with Crippen LogP contribution in [0.5, 0.6) is 0 Å². The molecule has 2 rings (SSSR count). The third-order valence-electron chi connectivity index (χ3n) is 3.01. The first-order valence-electron chi connectivity index (χ1n) is 6.45. The molecule has 2 aromatic carbocycles. The molecule has 0 spiro atoms. The normalized spacial score (nSPS) is 11.9. The molecule has 0 bridgehead atoms. The summed E-state index contributed by atoms with van der Waals surface area (Å²) in [6, 6.07) is 13.5. The van der Waals surface area contributed by atoms with Crippen LogP contribution in [-0.2, 0) is 11.2 Å². The molecule has 4 heteroatoms. The molecule has 0 saturated heterocycles. The summed E-state index contributed by atoms with van der Waals surface area (Å²) in [5, 5.41) is 2.75. The highest BCUT2D eigenvalue weighted by molar-refractivity contribution is 5.92. The highest BCUT2D eigenvalue weighted by atomic mass is 19.1. The van der Waals surface area contributed by atoms with Crippen molar-refractivity contribution in [2.24, 2.45) is 5.73 Å². The maximum Gasteiger partial charge on any atom is 0.228 e. The van der Waals surface area contributed by atoms with E-state index in [1.54, 1.807) is 24.3 Å². The number of hydrogen-bond acceptors (Lipinski definition) is 2. The number of carbonyl (C=O) groups excluding carboxylic acids is 1. The Morgan fingerprint density at radius 2 is 2.00 bits per heavy atom. The minimum atomic E-state index is -0.369. The predicted octanol–water partition coefficient (Wildman–Crippen LogP) is 3.03. The minimum Gasteiger partial charge on any atom is -0.326 e. The third-order valence-corrected chi connectivity index (χ3v) is 3.01. The number of amides is 1. The Kier molecular flexibility index (Phi) is 4.48. The van der Waals surface area contributed by atoms with Gasteiger partial charge in [0.15, 0.2) is 0 Å². The SMILES string of the molecule is C[C@@H](N)c1cccc(NC(=O)Cc2ccccc2F)c1. The lowest BCUT2D eigenvalue weighted by Crippen LogP contribution is -2.15. The Labute approximate surface area is 117 Å². The van der Waals surface area contributed by atoms with Crippen LogP contribution in [-0.4, -0.2) is 5.91 Å². The van der Waals surface area contributed by atoms with Crippen LogP contribution in [0.3, 0.4) is 0 Å². The zero-order chi connectivity index (χ0) is 14.5. The lowest BCUT2D eigenvalue weighted by atomic mass is 10.1. The standard InChI is InChI=1S/C16H17FN2O/c1-11(18)12-6-4-7-14(9-12)19-16(20)10-13-5-2-3-8-15(13)17/h2-9,11H,10,18H2,1H3,(H,19,20)/t11-/m1/s1. The first-order chi connectivity index (χ1) is 9.56. The van der Waals surface area contributed by atoms with Crippen LogP contribution in [0.4, 0.5) is 10.1 Å². The summed E-state index contributed by atoms with van der Waals surface area (Å²) in [6.07, 6.45) is 0.00901. The Balaban J connectivity index is 2.05. The maximum absolute atomic E-state index is 13.5. The van der Waals surface area contributed by atoms with Gasteiger partial charge in [-0.05, 0) is 36.2 Å². The van der Waals surface area contributed by atoms with Gasteiger partial charge in [0.1, 0.15) is 5.82 Å². The summed E-state index contributed by atoms with van der Waals surface area (Å²) in [5.74, 6) is -0.621. The molecule has 0 fully saturated rings. The fraction of sp³-hybridized carbons (Fsp3) is 0.188.